The van der Waals surface area contributed by atoms with E-state index in [1.807, 2.05) is 50.2 Å². The number of hydrogen-bond acceptors (Lipinski definition) is 4. The number of hydrogen-bond donors (Lipinski definition) is 2. The summed E-state index contributed by atoms with van der Waals surface area (Å²) >= 11 is 0. The predicted molar refractivity (Wildman–Crippen MR) is 121 cm³/mol. The number of likely N-dealkylation sites (N-methyl/N-ethyl adjacent to an activating group) is 1. The van der Waals surface area contributed by atoms with Gasteiger partial charge in [0.05, 0.1) is 0 Å². The van der Waals surface area contributed by atoms with Crippen LogP contribution in [0.1, 0.15) is 43.7 Å². The predicted octanol–water partition coefficient (Wildman–Crippen LogP) is 3.87. The molecule has 0 bridgehead atoms. The highest BCUT2D eigenvalue weighted by Gasteiger charge is 2.30. The fourth-order valence-corrected chi connectivity index (χ4v) is 4.21. The summed E-state index contributed by atoms with van der Waals surface area (Å²) < 4.78 is 5.52. The van der Waals surface area contributed by atoms with Gasteiger partial charge >= 0.3 is 12.1 Å². The van der Waals surface area contributed by atoms with Crippen molar-refractivity contribution in [2.45, 2.75) is 38.6 Å². The van der Waals surface area contributed by atoms with Gasteiger partial charge in [0.15, 0.2) is 0 Å². The first kappa shape index (κ1) is 23.3. The summed E-state index contributed by atoms with van der Waals surface area (Å²) in [5.74, 6) is -1.19. The standard InChI is InChI=1S/C25H30N2O5/c1-16(2)14-27(3)24(30)22(12-13-23(28)29)26-25(31)32-15-21-19-10-6-4-8-17(19)18-9-5-7-11-20(18)21/h4-11,16,21-22H,12-15H2,1-3H3,(H,26,31)(H,28,29). The Morgan fingerprint density at radius 2 is 1.59 bits per heavy atom. The van der Waals surface area contributed by atoms with Crippen LogP contribution in [-0.2, 0) is 14.3 Å². The summed E-state index contributed by atoms with van der Waals surface area (Å²) in [5.41, 5.74) is 4.44. The van der Waals surface area contributed by atoms with Gasteiger partial charge in [0, 0.05) is 25.9 Å². The first-order valence-electron chi connectivity index (χ1n) is 10.9. The van der Waals surface area contributed by atoms with Crippen LogP contribution in [0.5, 0.6) is 0 Å². The van der Waals surface area contributed by atoms with Crippen molar-refractivity contribution in [3.05, 3.63) is 59.7 Å². The van der Waals surface area contributed by atoms with Crippen LogP contribution in [0.4, 0.5) is 4.79 Å². The van der Waals surface area contributed by atoms with Gasteiger partial charge in [-0.3, -0.25) is 9.59 Å². The summed E-state index contributed by atoms with van der Waals surface area (Å²) in [6.45, 7) is 4.60. The number of carbonyl (C=O) groups is 3. The second kappa shape index (κ2) is 10.3. The Morgan fingerprint density at radius 1 is 1.03 bits per heavy atom. The molecule has 2 aromatic rings. The number of rotatable bonds is 9. The van der Waals surface area contributed by atoms with Crippen LogP contribution < -0.4 is 5.32 Å². The number of carboxylic acids is 1. The zero-order valence-corrected chi connectivity index (χ0v) is 18.7. The summed E-state index contributed by atoms with van der Waals surface area (Å²) in [4.78, 5) is 37.9. The highest BCUT2D eigenvalue weighted by atomic mass is 16.5. The molecule has 0 heterocycles. The zero-order chi connectivity index (χ0) is 23.3. The highest BCUT2D eigenvalue weighted by Crippen LogP contribution is 2.44. The van der Waals surface area contributed by atoms with Crippen LogP contribution in [0.15, 0.2) is 48.5 Å². The van der Waals surface area contributed by atoms with Gasteiger partial charge in [0.25, 0.3) is 0 Å². The van der Waals surface area contributed by atoms with Crippen LogP contribution in [0.25, 0.3) is 11.1 Å². The first-order chi connectivity index (χ1) is 15.3. The molecule has 0 aliphatic heterocycles. The van der Waals surface area contributed by atoms with Crippen molar-refractivity contribution in [2.75, 3.05) is 20.2 Å². The van der Waals surface area contributed by atoms with Crippen molar-refractivity contribution in [2.24, 2.45) is 5.92 Å². The minimum absolute atomic E-state index is 0.000791. The lowest BCUT2D eigenvalue weighted by molar-refractivity contribution is -0.137. The summed E-state index contributed by atoms with van der Waals surface area (Å²) in [5, 5.41) is 11.6. The SMILES string of the molecule is CC(C)CN(C)C(=O)C(CCC(=O)O)NC(=O)OCC1c2ccccc2-c2ccccc21. The van der Waals surface area contributed by atoms with Gasteiger partial charge in [-0.1, -0.05) is 62.4 Å². The number of alkyl carbamates (subject to hydrolysis) is 1. The third kappa shape index (κ3) is 5.46. The molecule has 3 rings (SSSR count). The first-order valence-corrected chi connectivity index (χ1v) is 10.9. The molecule has 2 N–H and O–H groups in total. The number of nitrogens with one attached hydrogen (secondary N) is 1. The van der Waals surface area contributed by atoms with Crippen LogP contribution in [-0.4, -0.2) is 54.2 Å². The van der Waals surface area contributed by atoms with Gasteiger partial charge in [-0.25, -0.2) is 4.79 Å². The number of carbonyl (C=O) groups excluding carboxylic acids is 2. The number of carboxylic acid groups (broad SMARTS) is 1. The van der Waals surface area contributed by atoms with Crippen molar-refractivity contribution in [3.8, 4) is 11.1 Å². The highest BCUT2D eigenvalue weighted by molar-refractivity contribution is 5.86. The van der Waals surface area contributed by atoms with Crippen LogP contribution in [0.2, 0.25) is 0 Å². The lowest BCUT2D eigenvalue weighted by Crippen LogP contribution is -2.48. The fraction of sp³-hybridized carbons (Fsp3) is 0.400. The van der Waals surface area contributed by atoms with E-state index in [2.05, 4.69) is 17.4 Å². The Kier molecular flexibility index (Phi) is 7.51. The molecule has 0 spiro atoms. The third-order valence-electron chi connectivity index (χ3n) is 5.60. The van der Waals surface area contributed by atoms with Crippen molar-refractivity contribution < 1.29 is 24.2 Å². The molecule has 1 atom stereocenters. The molecule has 0 radical (unpaired) electrons. The van der Waals surface area contributed by atoms with Crippen molar-refractivity contribution in [1.82, 2.24) is 10.2 Å². The average Bonchev–Trinajstić information content (AvgIpc) is 3.08. The minimum Gasteiger partial charge on any atom is -0.481 e. The second-order valence-electron chi connectivity index (χ2n) is 8.57. The molecular formula is C25H30N2O5. The summed E-state index contributed by atoms with van der Waals surface area (Å²) in [6, 6.07) is 15.1. The van der Waals surface area contributed by atoms with E-state index in [1.165, 1.54) is 4.90 Å². The number of benzene rings is 2. The van der Waals surface area contributed by atoms with Crippen molar-refractivity contribution >= 4 is 18.0 Å². The van der Waals surface area contributed by atoms with E-state index in [0.29, 0.717) is 6.54 Å². The molecular weight excluding hydrogens is 408 g/mol. The maximum atomic E-state index is 12.8. The summed E-state index contributed by atoms with van der Waals surface area (Å²) in [6.07, 6.45) is -0.954. The molecule has 1 aliphatic rings. The molecule has 1 unspecified atom stereocenters. The Morgan fingerprint density at radius 3 is 2.12 bits per heavy atom. The maximum Gasteiger partial charge on any atom is 0.407 e. The molecule has 7 heteroatoms. The average molecular weight is 439 g/mol. The van der Waals surface area contributed by atoms with E-state index in [1.54, 1.807) is 7.05 Å². The van der Waals surface area contributed by atoms with E-state index >= 15 is 0 Å². The van der Waals surface area contributed by atoms with Gasteiger partial charge in [0.2, 0.25) is 5.91 Å². The Bertz CT molecular complexity index is 942. The van der Waals surface area contributed by atoms with Crippen LogP contribution >= 0.6 is 0 Å². The second-order valence-corrected chi connectivity index (χ2v) is 8.57. The van der Waals surface area contributed by atoms with Gasteiger partial charge < -0.3 is 20.1 Å². The quantitative estimate of drug-likeness (QED) is 0.620. The van der Waals surface area contributed by atoms with E-state index in [0.717, 1.165) is 22.3 Å². The lowest BCUT2D eigenvalue weighted by Gasteiger charge is -2.25. The lowest BCUT2D eigenvalue weighted by atomic mass is 9.98. The number of aliphatic carboxylic acids is 1. The van der Waals surface area contributed by atoms with Crippen molar-refractivity contribution in [3.63, 3.8) is 0 Å². The molecule has 32 heavy (non-hydrogen) atoms. The Labute approximate surface area is 188 Å². The van der Waals surface area contributed by atoms with E-state index in [4.69, 9.17) is 9.84 Å². The number of nitrogens with zero attached hydrogens (tertiary/aromatic N) is 1. The molecule has 0 saturated carbocycles. The smallest absolute Gasteiger partial charge is 0.407 e. The minimum atomic E-state index is -1.02. The molecule has 0 fully saturated rings. The van der Waals surface area contributed by atoms with Crippen molar-refractivity contribution in [1.29, 1.82) is 0 Å². The van der Waals surface area contributed by atoms with E-state index in [9.17, 15) is 14.4 Å². The molecule has 1 aliphatic carbocycles. The number of amides is 2. The van der Waals surface area contributed by atoms with Crippen LogP contribution in [0, 0.1) is 5.92 Å². The van der Waals surface area contributed by atoms with Gasteiger partial charge in [-0.2, -0.15) is 0 Å². The Hall–Kier alpha value is -3.35. The molecule has 7 nitrogen and oxygen atoms in total. The van der Waals surface area contributed by atoms with E-state index < -0.39 is 18.1 Å². The normalized spacial score (nSPS) is 13.2. The maximum absolute atomic E-state index is 12.8. The molecule has 2 amide bonds. The van der Waals surface area contributed by atoms with Gasteiger partial charge in [-0.05, 0) is 34.6 Å². The largest absolute Gasteiger partial charge is 0.481 e. The Balaban J connectivity index is 1.67. The fourth-order valence-electron chi connectivity index (χ4n) is 4.21. The van der Waals surface area contributed by atoms with Crippen LogP contribution in [0.3, 0.4) is 0 Å². The van der Waals surface area contributed by atoms with Gasteiger partial charge in [-0.15, -0.1) is 0 Å². The number of fused-ring (bicyclic) bond motifs is 3. The topological polar surface area (TPSA) is 95.9 Å². The molecule has 0 saturated heterocycles. The number of ether oxygens (including phenoxy) is 1. The van der Waals surface area contributed by atoms with E-state index in [-0.39, 0.29) is 37.2 Å². The molecule has 170 valence electrons. The summed E-state index contributed by atoms with van der Waals surface area (Å²) in [7, 11) is 1.65. The zero-order valence-electron chi connectivity index (χ0n) is 18.7. The monoisotopic (exact) mass is 438 g/mol. The third-order valence-corrected chi connectivity index (χ3v) is 5.60. The van der Waals surface area contributed by atoms with Gasteiger partial charge in [0.1, 0.15) is 12.6 Å². The molecule has 0 aromatic heterocycles. The molecule has 2 aromatic carbocycles.